The maximum Gasteiger partial charge on any atom is 0.249 e. The van der Waals surface area contributed by atoms with Gasteiger partial charge in [-0.25, -0.2) is 4.98 Å². The standard InChI is InChI=1S/C18H20N6O.C10H12/c1-23-8-10-24(11-9-23)15-5-3-14(4-6-15)20-18-19-12-13-2-7-16(25)21-17(13)22-18;1-2-6-10-8-4-3-7-9(10)5-1/h2-7,12H,8-11H2,1H3,(H2,19,20,21,22,25);1-2,5-6H,3-4,7-8H2. The van der Waals surface area contributed by atoms with E-state index in [1.807, 2.05) is 12.1 Å². The number of nitrogens with one attached hydrogen (secondary N) is 2. The predicted molar refractivity (Wildman–Crippen MR) is 143 cm³/mol. The van der Waals surface area contributed by atoms with Crippen molar-refractivity contribution in [3.8, 4) is 0 Å². The van der Waals surface area contributed by atoms with Gasteiger partial charge in [-0.3, -0.25) is 4.79 Å². The first-order chi connectivity index (χ1) is 17.1. The summed E-state index contributed by atoms with van der Waals surface area (Å²) >= 11 is 0. The highest BCUT2D eigenvalue weighted by molar-refractivity contribution is 5.74. The van der Waals surface area contributed by atoms with E-state index in [2.05, 4.69) is 73.5 Å². The van der Waals surface area contributed by atoms with E-state index in [9.17, 15) is 4.79 Å². The second-order valence-electron chi connectivity index (χ2n) is 9.26. The quantitative estimate of drug-likeness (QED) is 0.465. The molecule has 0 spiro atoms. The molecule has 2 N–H and O–H groups in total. The second kappa shape index (κ2) is 10.7. The van der Waals surface area contributed by atoms with Crippen molar-refractivity contribution in [3.05, 3.63) is 88.3 Å². The third-order valence-corrected chi connectivity index (χ3v) is 6.73. The molecule has 0 radical (unpaired) electrons. The summed E-state index contributed by atoms with van der Waals surface area (Å²) in [6.07, 6.45) is 7.07. The first-order valence-corrected chi connectivity index (χ1v) is 12.4. The van der Waals surface area contributed by atoms with Gasteiger partial charge < -0.3 is 20.1 Å². The first kappa shape index (κ1) is 23.1. The maximum atomic E-state index is 11.4. The molecule has 3 heterocycles. The summed E-state index contributed by atoms with van der Waals surface area (Å²) < 4.78 is 0. The summed E-state index contributed by atoms with van der Waals surface area (Å²) in [6, 6.07) is 20.2. The van der Waals surface area contributed by atoms with Crippen molar-refractivity contribution in [1.82, 2.24) is 19.9 Å². The zero-order chi connectivity index (χ0) is 24.0. The van der Waals surface area contributed by atoms with Crippen LogP contribution in [0.2, 0.25) is 0 Å². The van der Waals surface area contributed by atoms with Crippen LogP contribution in [-0.4, -0.2) is 53.1 Å². The molecule has 4 aromatic rings. The lowest BCUT2D eigenvalue weighted by molar-refractivity contribution is 0.313. The van der Waals surface area contributed by atoms with Gasteiger partial charge in [0.1, 0.15) is 5.65 Å². The summed E-state index contributed by atoms with van der Waals surface area (Å²) in [4.78, 5) is 27.5. The molecule has 1 saturated heterocycles. The van der Waals surface area contributed by atoms with Crippen molar-refractivity contribution in [1.29, 1.82) is 0 Å². The van der Waals surface area contributed by atoms with E-state index < -0.39 is 0 Å². The molecule has 1 fully saturated rings. The number of hydrogen-bond acceptors (Lipinski definition) is 6. The first-order valence-electron chi connectivity index (χ1n) is 12.4. The number of nitrogens with zero attached hydrogens (tertiary/aromatic N) is 4. The number of aromatic nitrogens is 3. The molecule has 0 unspecified atom stereocenters. The number of aryl methyl sites for hydroxylation is 2. The second-order valence-corrected chi connectivity index (χ2v) is 9.26. The molecule has 180 valence electrons. The summed E-state index contributed by atoms with van der Waals surface area (Å²) in [5.41, 5.74) is 5.65. The Balaban J connectivity index is 0.000000211. The molecule has 6 rings (SSSR count). The number of rotatable bonds is 3. The molecular formula is C28H32N6O. The zero-order valence-corrected chi connectivity index (χ0v) is 20.2. The Hall–Kier alpha value is -3.71. The minimum Gasteiger partial charge on any atom is -0.369 e. The lowest BCUT2D eigenvalue weighted by Crippen LogP contribution is -2.44. The third-order valence-electron chi connectivity index (χ3n) is 6.73. The highest BCUT2D eigenvalue weighted by Gasteiger charge is 2.14. The van der Waals surface area contributed by atoms with Crippen LogP contribution in [0, 0.1) is 0 Å². The monoisotopic (exact) mass is 468 g/mol. The van der Waals surface area contributed by atoms with Gasteiger partial charge in [-0.1, -0.05) is 24.3 Å². The molecule has 0 amide bonds. The van der Waals surface area contributed by atoms with Crippen molar-refractivity contribution in [2.75, 3.05) is 43.4 Å². The lowest BCUT2D eigenvalue weighted by atomic mass is 9.92. The van der Waals surface area contributed by atoms with Gasteiger partial charge in [-0.2, -0.15) is 4.98 Å². The topological polar surface area (TPSA) is 77.1 Å². The van der Waals surface area contributed by atoms with Crippen molar-refractivity contribution in [2.24, 2.45) is 0 Å². The van der Waals surface area contributed by atoms with Crippen LogP contribution < -0.4 is 15.8 Å². The van der Waals surface area contributed by atoms with Crippen molar-refractivity contribution in [2.45, 2.75) is 25.7 Å². The van der Waals surface area contributed by atoms with Crippen molar-refractivity contribution in [3.63, 3.8) is 0 Å². The van der Waals surface area contributed by atoms with E-state index in [4.69, 9.17) is 0 Å². The van der Waals surface area contributed by atoms with Crippen LogP contribution >= 0.6 is 0 Å². The van der Waals surface area contributed by atoms with Gasteiger partial charge in [0.25, 0.3) is 0 Å². The minimum atomic E-state index is -0.173. The zero-order valence-electron chi connectivity index (χ0n) is 20.2. The van der Waals surface area contributed by atoms with Gasteiger partial charge in [-0.15, -0.1) is 0 Å². The Kier molecular flexibility index (Phi) is 7.04. The molecular weight excluding hydrogens is 436 g/mol. The van der Waals surface area contributed by atoms with Crippen LogP contribution in [0.3, 0.4) is 0 Å². The fraction of sp³-hybridized carbons (Fsp3) is 0.321. The van der Waals surface area contributed by atoms with Crippen LogP contribution in [0.4, 0.5) is 17.3 Å². The summed E-state index contributed by atoms with van der Waals surface area (Å²) in [5, 5.41) is 3.98. The lowest BCUT2D eigenvalue weighted by Gasteiger charge is -2.34. The van der Waals surface area contributed by atoms with Crippen LogP contribution in [0.25, 0.3) is 11.0 Å². The van der Waals surface area contributed by atoms with Crippen LogP contribution in [0.5, 0.6) is 0 Å². The van der Waals surface area contributed by atoms with Crippen LogP contribution in [0.1, 0.15) is 24.0 Å². The fourth-order valence-electron chi connectivity index (χ4n) is 4.62. The number of aromatic amines is 1. The summed E-state index contributed by atoms with van der Waals surface area (Å²) in [6.45, 7) is 4.26. The number of pyridine rings is 1. The molecule has 2 aliphatic rings. The van der Waals surface area contributed by atoms with Gasteiger partial charge in [0.15, 0.2) is 0 Å². The molecule has 0 bridgehead atoms. The van der Waals surface area contributed by atoms with Crippen molar-refractivity contribution >= 4 is 28.4 Å². The Labute approximate surface area is 205 Å². The van der Waals surface area contributed by atoms with Gasteiger partial charge in [0, 0.05) is 55.2 Å². The number of likely N-dealkylation sites (N-methyl/N-ethyl adjacent to an activating group) is 1. The molecule has 2 aromatic carbocycles. The average molecular weight is 469 g/mol. The molecule has 2 aromatic heterocycles. The van der Waals surface area contributed by atoms with E-state index in [-0.39, 0.29) is 5.56 Å². The summed E-state index contributed by atoms with van der Waals surface area (Å²) in [7, 11) is 2.15. The van der Waals surface area contributed by atoms with E-state index in [1.165, 1.54) is 37.4 Å². The predicted octanol–water partition coefficient (Wildman–Crippen LogP) is 4.38. The van der Waals surface area contributed by atoms with Crippen molar-refractivity contribution < 1.29 is 0 Å². The van der Waals surface area contributed by atoms with E-state index in [0.717, 1.165) is 37.3 Å². The molecule has 0 saturated carbocycles. The van der Waals surface area contributed by atoms with E-state index >= 15 is 0 Å². The molecule has 1 aliphatic heterocycles. The molecule has 0 atom stereocenters. The smallest absolute Gasteiger partial charge is 0.249 e. The normalized spacial score (nSPS) is 15.7. The molecule has 7 nitrogen and oxygen atoms in total. The van der Waals surface area contributed by atoms with Gasteiger partial charge >= 0.3 is 0 Å². The minimum absolute atomic E-state index is 0.173. The molecule has 1 aliphatic carbocycles. The SMILES string of the molecule is CN1CCN(c2ccc(Nc3ncc4ccc(=O)[nH]c4n3)cc2)CC1.c1ccc2c(c1)CCCC2. The van der Waals surface area contributed by atoms with Crippen LogP contribution in [0.15, 0.2) is 71.7 Å². The number of hydrogen-bond donors (Lipinski definition) is 2. The number of fused-ring (bicyclic) bond motifs is 2. The number of benzene rings is 2. The highest BCUT2D eigenvalue weighted by Crippen LogP contribution is 2.22. The number of H-pyrrole nitrogens is 1. The maximum absolute atomic E-state index is 11.4. The number of piperazine rings is 1. The Morgan fingerprint density at radius 2 is 1.54 bits per heavy atom. The van der Waals surface area contributed by atoms with Gasteiger partial charge in [0.05, 0.1) is 0 Å². The largest absolute Gasteiger partial charge is 0.369 e. The average Bonchev–Trinajstić information content (AvgIpc) is 2.90. The number of anilines is 3. The van der Waals surface area contributed by atoms with E-state index in [1.54, 1.807) is 23.4 Å². The third kappa shape index (κ3) is 5.87. The Morgan fingerprint density at radius 3 is 2.23 bits per heavy atom. The summed E-state index contributed by atoms with van der Waals surface area (Å²) in [5.74, 6) is 0.460. The fourth-order valence-corrected chi connectivity index (χ4v) is 4.62. The molecule has 7 heteroatoms. The van der Waals surface area contributed by atoms with Gasteiger partial charge in [-0.05, 0) is 74.2 Å². The molecule has 35 heavy (non-hydrogen) atoms. The highest BCUT2D eigenvalue weighted by atomic mass is 16.1. The van der Waals surface area contributed by atoms with Gasteiger partial charge in [0.2, 0.25) is 11.5 Å². The Morgan fingerprint density at radius 1 is 0.857 bits per heavy atom. The van der Waals surface area contributed by atoms with E-state index in [0.29, 0.717) is 11.6 Å². The van der Waals surface area contributed by atoms with Crippen LogP contribution in [-0.2, 0) is 12.8 Å². The Bertz CT molecular complexity index is 1300.